The number of alkyl halides is 3. The number of anilines is 1. The Kier molecular flexibility index (Phi) is 7.33. The minimum atomic E-state index is -4.82. The Labute approximate surface area is 227 Å². The fourth-order valence-electron chi connectivity index (χ4n) is 4.51. The van der Waals surface area contributed by atoms with Crippen LogP contribution in [-0.2, 0) is 11.8 Å². The van der Waals surface area contributed by atoms with E-state index in [2.05, 4.69) is 15.4 Å². The largest absolute Gasteiger partial charge is 0.497 e. The highest BCUT2D eigenvalue weighted by molar-refractivity contribution is 6.03. The molecule has 2 N–H and O–H groups in total. The van der Waals surface area contributed by atoms with Crippen molar-refractivity contribution in [1.29, 1.82) is 0 Å². The third-order valence-corrected chi connectivity index (χ3v) is 6.94. The number of halogens is 4. The van der Waals surface area contributed by atoms with Crippen LogP contribution in [0.2, 0.25) is 0 Å². The Morgan fingerprint density at radius 3 is 2.45 bits per heavy atom. The first kappa shape index (κ1) is 27.3. The summed E-state index contributed by atoms with van der Waals surface area (Å²) in [5.41, 5.74) is -2.79. The molecule has 40 heavy (non-hydrogen) atoms. The fraction of sp³-hybridized carbons (Fsp3) is 0.276. The van der Waals surface area contributed by atoms with Crippen molar-refractivity contribution in [3.63, 3.8) is 0 Å². The van der Waals surface area contributed by atoms with Crippen molar-refractivity contribution < 1.29 is 32.2 Å². The Hall–Kier alpha value is -4.25. The van der Waals surface area contributed by atoms with Crippen molar-refractivity contribution >= 4 is 11.6 Å². The van der Waals surface area contributed by atoms with Gasteiger partial charge in [-0.15, -0.1) is 0 Å². The van der Waals surface area contributed by atoms with Gasteiger partial charge in [0.2, 0.25) is 0 Å². The van der Waals surface area contributed by atoms with Crippen molar-refractivity contribution in [2.45, 2.75) is 37.5 Å². The summed E-state index contributed by atoms with van der Waals surface area (Å²) < 4.78 is 61.4. The molecule has 5 rings (SSSR count). The normalized spacial score (nSPS) is 14.9. The molecule has 0 saturated heterocycles. The number of nitrogens with zero attached hydrogens (tertiary/aromatic N) is 3. The number of rotatable bonds is 9. The molecule has 1 unspecified atom stereocenters. The summed E-state index contributed by atoms with van der Waals surface area (Å²) in [7, 11) is 1.44. The first-order valence-electron chi connectivity index (χ1n) is 12.7. The quantitative estimate of drug-likeness (QED) is 0.244. The maximum atomic E-state index is 14.9. The van der Waals surface area contributed by atoms with Crippen molar-refractivity contribution in [2.75, 3.05) is 12.4 Å². The zero-order valence-corrected chi connectivity index (χ0v) is 21.5. The lowest BCUT2D eigenvalue weighted by atomic mass is 9.84. The standard InChI is InChI=1S/C29H26F4N4O3/c1-40-21-10-8-20(9-11-21)37-24(17-26(36-37)29(31,32)33)27(38)35-23-16-19(7-12-22(23)30)28(39,14-13-18-5-6-18)25-4-2-3-15-34-25/h2-4,7-12,15-18,39H,5-6,13-14H2,1H3,(H,35,38). The van der Waals surface area contributed by atoms with Crippen molar-refractivity contribution in [1.82, 2.24) is 14.8 Å². The summed E-state index contributed by atoms with van der Waals surface area (Å²) in [6.07, 6.45) is -0.0727. The van der Waals surface area contributed by atoms with Gasteiger partial charge in [-0.1, -0.05) is 25.0 Å². The van der Waals surface area contributed by atoms with Crippen LogP contribution >= 0.6 is 0 Å². The second-order valence-electron chi connectivity index (χ2n) is 9.73. The number of carbonyl (C=O) groups is 1. The van der Waals surface area contributed by atoms with E-state index in [0.29, 0.717) is 35.4 Å². The number of ether oxygens (including phenoxy) is 1. The number of nitrogens with one attached hydrogen (secondary N) is 1. The molecule has 0 radical (unpaired) electrons. The van der Waals surface area contributed by atoms with Crippen LogP contribution in [0, 0.1) is 11.7 Å². The van der Waals surface area contributed by atoms with Crippen LogP contribution in [0.5, 0.6) is 5.75 Å². The highest BCUT2D eigenvalue weighted by atomic mass is 19.4. The van der Waals surface area contributed by atoms with Crippen molar-refractivity contribution in [3.8, 4) is 11.4 Å². The first-order valence-corrected chi connectivity index (χ1v) is 12.7. The Bertz CT molecular complexity index is 1500. The topological polar surface area (TPSA) is 89.3 Å². The number of aromatic nitrogens is 3. The molecule has 7 nitrogen and oxygen atoms in total. The van der Waals surface area contributed by atoms with Crippen LogP contribution in [0.25, 0.3) is 5.69 Å². The predicted molar refractivity (Wildman–Crippen MR) is 139 cm³/mol. The SMILES string of the molecule is COc1ccc(-n2nc(C(F)(F)F)cc2C(=O)Nc2cc(C(O)(CCC3CC3)c3ccccn3)ccc2F)cc1. The molecule has 1 aliphatic carbocycles. The first-order chi connectivity index (χ1) is 19.1. The second-order valence-corrected chi connectivity index (χ2v) is 9.73. The molecule has 0 aliphatic heterocycles. The molecule has 2 heterocycles. The molecule has 0 spiro atoms. The maximum Gasteiger partial charge on any atom is 0.435 e. The molecular weight excluding hydrogens is 528 g/mol. The van der Waals surface area contributed by atoms with Crippen LogP contribution in [0.1, 0.15) is 53.1 Å². The summed E-state index contributed by atoms with van der Waals surface area (Å²) in [5, 5.41) is 17.7. The number of hydrogen-bond acceptors (Lipinski definition) is 5. The summed E-state index contributed by atoms with van der Waals surface area (Å²) in [4.78, 5) is 17.6. The van der Waals surface area contributed by atoms with Crippen LogP contribution in [0.4, 0.5) is 23.2 Å². The molecule has 1 fully saturated rings. The minimum absolute atomic E-state index is 0.167. The molecular formula is C29H26F4N4O3. The summed E-state index contributed by atoms with van der Waals surface area (Å²) >= 11 is 0. The van der Waals surface area contributed by atoms with Crippen LogP contribution < -0.4 is 10.1 Å². The number of methoxy groups -OCH3 is 1. The molecule has 11 heteroatoms. The van der Waals surface area contributed by atoms with Gasteiger partial charge in [0.1, 0.15) is 22.9 Å². The van der Waals surface area contributed by atoms with E-state index in [1.165, 1.54) is 43.5 Å². The molecule has 1 aliphatic rings. The Morgan fingerprint density at radius 2 is 1.82 bits per heavy atom. The van der Waals surface area contributed by atoms with E-state index < -0.39 is 34.9 Å². The molecule has 0 bridgehead atoms. The van der Waals surface area contributed by atoms with E-state index in [4.69, 9.17) is 4.74 Å². The summed E-state index contributed by atoms with van der Waals surface area (Å²) in [6, 6.07) is 15.4. The van der Waals surface area contributed by atoms with Crippen molar-refractivity contribution in [2.24, 2.45) is 5.92 Å². The molecule has 208 valence electrons. The lowest BCUT2D eigenvalue weighted by Crippen LogP contribution is -2.29. The molecule has 2 aromatic carbocycles. The number of aliphatic hydroxyl groups is 1. The van der Waals surface area contributed by atoms with Gasteiger partial charge in [-0.2, -0.15) is 18.3 Å². The average Bonchev–Trinajstić information content (AvgIpc) is 3.67. The number of carbonyl (C=O) groups excluding carboxylic acids is 1. The summed E-state index contributed by atoms with van der Waals surface area (Å²) in [5.74, 6) is -0.890. The number of pyridine rings is 1. The highest BCUT2D eigenvalue weighted by Gasteiger charge is 2.37. The third kappa shape index (κ3) is 5.69. The van der Waals surface area contributed by atoms with Gasteiger partial charge >= 0.3 is 6.18 Å². The van der Waals surface area contributed by atoms with Gasteiger partial charge in [0.25, 0.3) is 5.91 Å². The zero-order chi connectivity index (χ0) is 28.5. The summed E-state index contributed by atoms with van der Waals surface area (Å²) in [6.45, 7) is 0. The van der Waals surface area contributed by atoms with E-state index in [-0.39, 0.29) is 11.4 Å². The predicted octanol–water partition coefficient (Wildman–Crippen LogP) is 6.11. The van der Waals surface area contributed by atoms with Crippen LogP contribution in [-0.4, -0.2) is 32.9 Å². The van der Waals surface area contributed by atoms with E-state index in [9.17, 15) is 27.5 Å². The lowest BCUT2D eigenvalue weighted by Gasteiger charge is -2.29. The van der Waals surface area contributed by atoms with E-state index in [1.807, 2.05) is 0 Å². The fourth-order valence-corrected chi connectivity index (χ4v) is 4.51. The Morgan fingerprint density at radius 1 is 1.07 bits per heavy atom. The van der Waals surface area contributed by atoms with E-state index in [0.717, 1.165) is 30.0 Å². The van der Waals surface area contributed by atoms with Crippen LogP contribution in [0.3, 0.4) is 0 Å². The second kappa shape index (κ2) is 10.7. The maximum absolute atomic E-state index is 14.9. The Balaban J connectivity index is 1.50. The van der Waals surface area contributed by atoms with E-state index >= 15 is 0 Å². The van der Waals surface area contributed by atoms with Gasteiger partial charge in [0, 0.05) is 12.3 Å². The zero-order valence-electron chi connectivity index (χ0n) is 21.5. The molecule has 1 saturated carbocycles. The van der Waals surface area contributed by atoms with Gasteiger partial charge in [0.05, 0.1) is 24.2 Å². The number of benzene rings is 2. The molecule has 2 aromatic heterocycles. The van der Waals surface area contributed by atoms with Crippen LogP contribution in [0.15, 0.2) is 72.9 Å². The molecule has 4 aromatic rings. The molecule has 1 amide bonds. The van der Waals surface area contributed by atoms with Gasteiger partial charge in [0.15, 0.2) is 5.69 Å². The van der Waals surface area contributed by atoms with Gasteiger partial charge in [-0.05, 0) is 72.9 Å². The monoisotopic (exact) mass is 554 g/mol. The highest BCUT2D eigenvalue weighted by Crippen LogP contribution is 2.41. The third-order valence-electron chi connectivity index (χ3n) is 6.94. The lowest BCUT2D eigenvalue weighted by molar-refractivity contribution is -0.141. The smallest absolute Gasteiger partial charge is 0.435 e. The van der Waals surface area contributed by atoms with E-state index in [1.54, 1.807) is 24.4 Å². The average molecular weight is 555 g/mol. The number of hydrogen-bond donors (Lipinski definition) is 2. The molecule has 1 atom stereocenters. The van der Waals surface area contributed by atoms with Gasteiger partial charge in [-0.3, -0.25) is 9.78 Å². The van der Waals surface area contributed by atoms with Gasteiger partial charge in [-0.25, -0.2) is 9.07 Å². The van der Waals surface area contributed by atoms with Gasteiger partial charge < -0.3 is 15.2 Å². The van der Waals surface area contributed by atoms with Crippen molar-refractivity contribution in [3.05, 3.63) is 101 Å². The minimum Gasteiger partial charge on any atom is -0.497 e. The number of amides is 1.